The van der Waals surface area contributed by atoms with E-state index in [9.17, 15) is 4.79 Å². The number of methoxy groups -OCH3 is 1. The highest BCUT2D eigenvalue weighted by molar-refractivity contribution is 6.26. The van der Waals surface area contributed by atoms with E-state index in [1.165, 1.54) is 0 Å². The summed E-state index contributed by atoms with van der Waals surface area (Å²) in [6, 6.07) is 15.0. The fourth-order valence-corrected chi connectivity index (χ4v) is 2.12. The second kappa shape index (κ2) is 4.61. The van der Waals surface area contributed by atoms with Crippen molar-refractivity contribution in [3.05, 3.63) is 59.7 Å². The van der Waals surface area contributed by atoms with Crippen LogP contribution in [0, 0.1) is 0 Å². The van der Waals surface area contributed by atoms with E-state index >= 15 is 0 Å². The molecule has 0 bridgehead atoms. The van der Waals surface area contributed by atoms with Crippen LogP contribution in [0.25, 0.3) is 11.6 Å². The van der Waals surface area contributed by atoms with E-state index in [4.69, 9.17) is 9.47 Å². The van der Waals surface area contributed by atoms with Crippen molar-refractivity contribution in [2.75, 3.05) is 7.11 Å². The molecule has 0 saturated heterocycles. The van der Waals surface area contributed by atoms with Gasteiger partial charge in [0.25, 0.3) is 0 Å². The highest BCUT2D eigenvalue weighted by atomic mass is 16.5. The Labute approximate surface area is 111 Å². The van der Waals surface area contributed by atoms with Gasteiger partial charge in [0.1, 0.15) is 11.5 Å². The molecule has 2 aromatic rings. The van der Waals surface area contributed by atoms with Gasteiger partial charge in [0.2, 0.25) is 0 Å². The Bertz CT molecular complexity index is 671. The van der Waals surface area contributed by atoms with Crippen molar-refractivity contribution in [1.29, 1.82) is 0 Å². The minimum absolute atomic E-state index is 0.327. The first kappa shape index (κ1) is 11.5. The van der Waals surface area contributed by atoms with Crippen LogP contribution in [-0.2, 0) is 4.79 Å². The summed E-state index contributed by atoms with van der Waals surface area (Å²) in [5.41, 5.74) is 2.23. The number of para-hydroxylation sites is 2. The van der Waals surface area contributed by atoms with Crippen molar-refractivity contribution in [2.24, 2.45) is 0 Å². The molecule has 0 unspecified atom stereocenters. The van der Waals surface area contributed by atoms with Crippen LogP contribution in [0.1, 0.15) is 11.1 Å². The van der Waals surface area contributed by atoms with Crippen LogP contribution in [0.4, 0.5) is 0 Å². The monoisotopic (exact) mass is 252 g/mol. The lowest BCUT2D eigenvalue weighted by Crippen LogP contribution is -2.00. The minimum atomic E-state index is -0.327. The number of carbonyl (C=O) groups is 1. The van der Waals surface area contributed by atoms with Crippen LogP contribution in [0.2, 0.25) is 0 Å². The van der Waals surface area contributed by atoms with Gasteiger partial charge in [0.15, 0.2) is 0 Å². The Morgan fingerprint density at radius 1 is 1.05 bits per heavy atom. The molecule has 0 N–H and O–H groups in total. The van der Waals surface area contributed by atoms with Crippen molar-refractivity contribution in [3.8, 4) is 11.5 Å². The van der Waals surface area contributed by atoms with Gasteiger partial charge in [-0.25, -0.2) is 4.79 Å². The van der Waals surface area contributed by atoms with Gasteiger partial charge < -0.3 is 9.47 Å². The summed E-state index contributed by atoms with van der Waals surface area (Å²) < 4.78 is 10.5. The lowest BCUT2D eigenvalue weighted by molar-refractivity contribution is -0.126. The Balaban J connectivity index is 2.11. The third-order valence-corrected chi connectivity index (χ3v) is 3.04. The van der Waals surface area contributed by atoms with E-state index in [-0.39, 0.29) is 5.97 Å². The maximum atomic E-state index is 11.9. The number of benzene rings is 2. The molecule has 3 heteroatoms. The average molecular weight is 252 g/mol. The molecule has 1 aliphatic rings. The Morgan fingerprint density at radius 2 is 1.79 bits per heavy atom. The normalized spacial score (nSPS) is 15.2. The van der Waals surface area contributed by atoms with Crippen LogP contribution in [0.3, 0.4) is 0 Å². The second-order valence-corrected chi connectivity index (χ2v) is 4.19. The first-order valence-electron chi connectivity index (χ1n) is 5.96. The lowest BCUT2D eigenvalue weighted by Gasteiger charge is -2.04. The van der Waals surface area contributed by atoms with Crippen LogP contribution < -0.4 is 9.47 Å². The molecule has 2 aromatic carbocycles. The van der Waals surface area contributed by atoms with Gasteiger partial charge in [-0.15, -0.1) is 0 Å². The molecule has 0 atom stereocenters. The van der Waals surface area contributed by atoms with Crippen molar-refractivity contribution in [3.63, 3.8) is 0 Å². The fourth-order valence-electron chi connectivity index (χ4n) is 2.12. The molecule has 3 nitrogen and oxygen atoms in total. The zero-order valence-corrected chi connectivity index (χ0v) is 10.4. The Kier molecular flexibility index (Phi) is 2.80. The topological polar surface area (TPSA) is 35.5 Å². The first-order chi connectivity index (χ1) is 9.29. The summed E-state index contributed by atoms with van der Waals surface area (Å²) in [5.74, 6) is 1.01. The summed E-state index contributed by atoms with van der Waals surface area (Å²) in [6.45, 7) is 0. The highest BCUT2D eigenvalue weighted by Crippen LogP contribution is 2.36. The van der Waals surface area contributed by atoms with Crippen molar-refractivity contribution in [1.82, 2.24) is 0 Å². The third-order valence-electron chi connectivity index (χ3n) is 3.04. The minimum Gasteiger partial charge on any atom is -0.496 e. The number of ether oxygens (including phenoxy) is 2. The predicted octanol–water partition coefficient (Wildman–Crippen LogP) is 3.15. The highest BCUT2D eigenvalue weighted by Gasteiger charge is 2.26. The van der Waals surface area contributed by atoms with Gasteiger partial charge in [-0.1, -0.05) is 36.4 Å². The average Bonchev–Trinajstić information content (AvgIpc) is 2.76. The summed E-state index contributed by atoms with van der Waals surface area (Å²) in [4.78, 5) is 11.9. The number of rotatable bonds is 2. The lowest BCUT2D eigenvalue weighted by atomic mass is 10.0. The smallest absolute Gasteiger partial charge is 0.344 e. The number of hydrogen-bond donors (Lipinski definition) is 0. The summed E-state index contributed by atoms with van der Waals surface area (Å²) in [6.07, 6.45) is 1.80. The number of fused-ring (bicyclic) bond motifs is 1. The standard InChI is InChI=1S/C16H12O3/c1-18-14-8-4-2-6-11(14)10-13-12-7-3-5-9-15(12)19-16(13)17/h2-10H,1H3/b13-10-. The molecule has 0 fully saturated rings. The largest absolute Gasteiger partial charge is 0.496 e. The van der Waals surface area contributed by atoms with Gasteiger partial charge in [-0.3, -0.25) is 0 Å². The van der Waals surface area contributed by atoms with Gasteiger partial charge in [-0.2, -0.15) is 0 Å². The van der Waals surface area contributed by atoms with Gasteiger partial charge in [0.05, 0.1) is 12.7 Å². The van der Waals surface area contributed by atoms with E-state index in [1.54, 1.807) is 19.3 Å². The van der Waals surface area contributed by atoms with Gasteiger partial charge in [0, 0.05) is 11.1 Å². The molecule has 0 amide bonds. The molecule has 0 aromatic heterocycles. The quantitative estimate of drug-likeness (QED) is 0.468. The molecule has 1 heterocycles. The van der Waals surface area contributed by atoms with Crippen LogP contribution in [-0.4, -0.2) is 13.1 Å². The molecule has 3 rings (SSSR count). The van der Waals surface area contributed by atoms with Crippen LogP contribution in [0.15, 0.2) is 48.5 Å². The van der Waals surface area contributed by atoms with E-state index in [2.05, 4.69) is 0 Å². The maximum absolute atomic E-state index is 11.9. The molecular weight excluding hydrogens is 240 g/mol. The zero-order valence-electron chi connectivity index (χ0n) is 10.4. The molecule has 0 saturated carbocycles. The van der Waals surface area contributed by atoms with E-state index in [0.717, 1.165) is 16.9 Å². The van der Waals surface area contributed by atoms with Crippen LogP contribution in [0.5, 0.6) is 11.5 Å². The number of carbonyl (C=O) groups excluding carboxylic acids is 1. The molecular formula is C16H12O3. The summed E-state index contributed by atoms with van der Waals surface area (Å²) in [7, 11) is 1.61. The van der Waals surface area contributed by atoms with Crippen molar-refractivity contribution >= 4 is 17.6 Å². The molecule has 1 aliphatic heterocycles. The number of hydrogen-bond acceptors (Lipinski definition) is 3. The third kappa shape index (κ3) is 1.99. The van der Waals surface area contributed by atoms with E-state index in [0.29, 0.717) is 11.3 Å². The van der Waals surface area contributed by atoms with E-state index < -0.39 is 0 Å². The van der Waals surface area contributed by atoms with Gasteiger partial charge >= 0.3 is 5.97 Å². The maximum Gasteiger partial charge on any atom is 0.344 e. The fraction of sp³-hybridized carbons (Fsp3) is 0.0625. The number of esters is 1. The van der Waals surface area contributed by atoms with Crippen molar-refractivity contribution < 1.29 is 14.3 Å². The first-order valence-corrected chi connectivity index (χ1v) is 5.96. The van der Waals surface area contributed by atoms with Crippen molar-refractivity contribution in [2.45, 2.75) is 0 Å². The predicted molar refractivity (Wildman–Crippen MR) is 72.9 cm³/mol. The summed E-state index contributed by atoms with van der Waals surface area (Å²) in [5, 5.41) is 0. The molecule has 0 radical (unpaired) electrons. The summed E-state index contributed by atoms with van der Waals surface area (Å²) >= 11 is 0. The Morgan fingerprint density at radius 3 is 2.63 bits per heavy atom. The molecule has 0 aliphatic carbocycles. The molecule has 0 spiro atoms. The van der Waals surface area contributed by atoms with Gasteiger partial charge in [-0.05, 0) is 18.2 Å². The van der Waals surface area contributed by atoms with Crippen LogP contribution >= 0.6 is 0 Å². The SMILES string of the molecule is COc1ccccc1/C=C1\C(=O)Oc2ccccc21. The second-order valence-electron chi connectivity index (χ2n) is 4.19. The molecule has 94 valence electrons. The van der Waals surface area contributed by atoms with E-state index in [1.807, 2.05) is 42.5 Å². The zero-order chi connectivity index (χ0) is 13.2. The Hall–Kier alpha value is -2.55. The molecule has 19 heavy (non-hydrogen) atoms.